The number of hydrogen-bond donors (Lipinski definition) is 1. The first kappa shape index (κ1) is 9.96. The normalized spacial score (nSPS) is 17.6. The first-order valence-electron chi connectivity index (χ1n) is 5.29. The molecule has 2 N–H and O–H groups in total. The maximum Gasteiger partial charge on any atom is 0.228 e. The summed E-state index contributed by atoms with van der Waals surface area (Å²) in [5.74, 6) is 0.840. The van der Waals surface area contributed by atoms with Crippen molar-refractivity contribution < 1.29 is 4.79 Å². The van der Waals surface area contributed by atoms with Crippen molar-refractivity contribution in [3.8, 4) is 0 Å². The number of aromatic nitrogens is 1. The third-order valence-electron chi connectivity index (χ3n) is 2.62. The lowest BCUT2D eigenvalue weighted by molar-refractivity contribution is -0.118. The lowest BCUT2D eigenvalue weighted by atomic mass is 10.2. The molecule has 80 valence electrons. The zero-order chi connectivity index (χ0) is 10.7. The molecule has 1 aromatic heterocycles. The predicted octanol–water partition coefficient (Wildman–Crippen LogP) is 1.57. The number of rotatable bonds is 1. The number of nitrogens with two attached hydrogens (primary N) is 1. The van der Waals surface area contributed by atoms with Gasteiger partial charge in [0.05, 0.1) is 0 Å². The Kier molecular flexibility index (Phi) is 2.85. The van der Waals surface area contributed by atoms with Crippen molar-refractivity contribution in [2.24, 2.45) is 0 Å². The van der Waals surface area contributed by atoms with Gasteiger partial charge < -0.3 is 5.73 Å². The van der Waals surface area contributed by atoms with Crippen LogP contribution in [0.5, 0.6) is 0 Å². The fraction of sp³-hybridized carbons (Fsp3) is 0.455. The summed E-state index contributed by atoms with van der Waals surface area (Å²) in [5, 5.41) is 0. The van der Waals surface area contributed by atoms with Gasteiger partial charge in [-0.05, 0) is 18.9 Å². The molecule has 4 nitrogen and oxygen atoms in total. The summed E-state index contributed by atoms with van der Waals surface area (Å²) < 4.78 is 0. The molecule has 15 heavy (non-hydrogen) atoms. The third-order valence-corrected chi connectivity index (χ3v) is 2.62. The highest BCUT2D eigenvalue weighted by Gasteiger charge is 2.18. The first-order valence-corrected chi connectivity index (χ1v) is 5.29. The number of carbonyl (C=O) groups excluding carboxylic acids is 1. The second-order valence-corrected chi connectivity index (χ2v) is 3.80. The number of nitrogens with zero attached hydrogens (tertiary/aromatic N) is 2. The Hall–Kier alpha value is -1.58. The van der Waals surface area contributed by atoms with Gasteiger partial charge in [0.2, 0.25) is 5.91 Å². The molecular weight excluding hydrogens is 190 g/mol. The molecule has 4 heteroatoms. The molecular formula is C11H15N3O. The molecule has 0 aliphatic carbocycles. The molecule has 1 amide bonds. The summed E-state index contributed by atoms with van der Waals surface area (Å²) in [7, 11) is 0. The van der Waals surface area contributed by atoms with Crippen molar-refractivity contribution in [2.75, 3.05) is 17.2 Å². The molecule has 0 radical (unpaired) electrons. The van der Waals surface area contributed by atoms with Gasteiger partial charge in [-0.3, -0.25) is 9.69 Å². The van der Waals surface area contributed by atoms with E-state index in [0.29, 0.717) is 17.9 Å². The monoisotopic (exact) mass is 205 g/mol. The maximum atomic E-state index is 11.8. The zero-order valence-electron chi connectivity index (χ0n) is 8.65. The summed E-state index contributed by atoms with van der Waals surface area (Å²) in [4.78, 5) is 17.7. The van der Waals surface area contributed by atoms with Gasteiger partial charge in [0.25, 0.3) is 0 Å². The molecule has 0 unspecified atom stereocenters. The molecule has 1 aliphatic heterocycles. The van der Waals surface area contributed by atoms with E-state index in [1.165, 1.54) is 0 Å². The lowest BCUT2D eigenvalue weighted by Crippen LogP contribution is -2.30. The lowest BCUT2D eigenvalue weighted by Gasteiger charge is -2.19. The zero-order valence-corrected chi connectivity index (χ0v) is 8.65. The Balaban J connectivity index is 2.24. The minimum absolute atomic E-state index is 0.158. The van der Waals surface area contributed by atoms with E-state index in [1.807, 2.05) is 0 Å². The third kappa shape index (κ3) is 2.26. The van der Waals surface area contributed by atoms with Crippen molar-refractivity contribution in [1.29, 1.82) is 0 Å². The van der Waals surface area contributed by atoms with E-state index in [9.17, 15) is 4.79 Å². The van der Waals surface area contributed by atoms with Crippen LogP contribution in [0, 0.1) is 0 Å². The van der Waals surface area contributed by atoms with Crippen molar-refractivity contribution >= 4 is 17.4 Å². The van der Waals surface area contributed by atoms with Crippen LogP contribution in [0.3, 0.4) is 0 Å². The fourth-order valence-corrected chi connectivity index (χ4v) is 1.81. The number of amides is 1. The Morgan fingerprint density at radius 3 is 3.00 bits per heavy atom. The van der Waals surface area contributed by atoms with Crippen LogP contribution in [-0.4, -0.2) is 17.4 Å². The quantitative estimate of drug-likeness (QED) is 0.757. The Labute approximate surface area is 89.1 Å². The van der Waals surface area contributed by atoms with Gasteiger partial charge in [-0.2, -0.15) is 0 Å². The summed E-state index contributed by atoms with van der Waals surface area (Å²) in [6.07, 6.45) is 5.41. The van der Waals surface area contributed by atoms with Gasteiger partial charge in [0.1, 0.15) is 5.82 Å². The average molecular weight is 205 g/mol. The molecule has 2 rings (SSSR count). The molecule has 0 spiro atoms. The first-order chi connectivity index (χ1) is 7.27. The van der Waals surface area contributed by atoms with E-state index in [1.54, 1.807) is 23.2 Å². The standard InChI is InChI=1S/C11H15N3O/c12-9-5-6-13-10(8-9)14-7-3-1-2-4-11(14)15/h5-6,8H,1-4,7H2,(H2,12,13). The van der Waals surface area contributed by atoms with E-state index in [4.69, 9.17) is 5.73 Å². The second kappa shape index (κ2) is 4.29. The van der Waals surface area contributed by atoms with Crippen molar-refractivity contribution in [1.82, 2.24) is 4.98 Å². The largest absolute Gasteiger partial charge is 0.399 e. The van der Waals surface area contributed by atoms with Gasteiger partial charge in [-0.25, -0.2) is 4.98 Å². The van der Waals surface area contributed by atoms with Crippen molar-refractivity contribution in [3.05, 3.63) is 18.3 Å². The summed E-state index contributed by atoms with van der Waals surface area (Å²) in [6.45, 7) is 0.759. The average Bonchev–Trinajstić information content (AvgIpc) is 2.43. The van der Waals surface area contributed by atoms with Crippen LogP contribution < -0.4 is 10.6 Å². The molecule has 1 aromatic rings. The SMILES string of the molecule is Nc1ccnc(N2CCCCCC2=O)c1. The topological polar surface area (TPSA) is 59.2 Å². The van der Waals surface area contributed by atoms with Crippen LogP contribution in [0.2, 0.25) is 0 Å². The van der Waals surface area contributed by atoms with E-state index in [0.717, 1.165) is 25.8 Å². The van der Waals surface area contributed by atoms with Crippen molar-refractivity contribution in [2.45, 2.75) is 25.7 Å². The number of anilines is 2. The van der Waals surface area contributed by atoms with Crippen LogP contribution in [-0.2, 0) is 4.79 Å². The number of pyridine rings is 1. The number of carbonyl (C=O) groups is 1. The molecule has 1 fully saturated rings. The van der Waals surface area contributed by atoms with Crippen LogP contribution >= 0.6 is 0 Å². The minimum Gasteiger partial charge on any atom is -0.399 e. The molecule has 0 aromatic carbocycles. The van der Waals surface area contributed by atoms with Crippen LogP contribution in [0.1, 0.15) is 25.7 Å². The molecule has 0 atom stereocenters. The smallest absolute Gasteiger partial charge is 0.228 e. The summed E-state index contributed by atoms with van der Waals surface area (Å²) in [5.41, 5.74) is 6.32. The highest BCUT2D eigenvalue weighted by atomic mass is 16.2. The number of hydrogen-bond acceptors (Lipinski definition) is 3. The predicted molar refractivity (Wildman–Crippen MR) is 59.5 cm³/mol. The maximum absolute atomic E-state index is 11.8. The summed E-state index contributed by atoms with van der Waals surface area (Å²) in [6, 6.07) is 3.48. The Bertz CT molecular complexity index is 365. The Morgan fingerprint density at radius 1 is 1.33 bits per heavy atom. The molecule has 1 aliphatic rings. The summed E-state index contributed by atoms with van der Waals surface area (Å²) >= 11 is 0. The highest BCUT2D eigenvalue weighted by Crippen LogP contribution is 2.19. The second-order valence-electron chi connectivity index (χ2n) is 3.80. The molecule has 0 saturated carbocycles. The van der Waals surface area contributed by atoms with Gasteiger partial charge >= 0.3 is 0 Å². The van der Waals surface area contributed by atoms with Crippen LogP contribution in [0.25, 0.3) is 0 Å². The van der Waals surface area contributed by atoms with E-state index >= 15 is 0 Å². The van der Waals surface area contributed by atoms with Crippen LogP contribution in [0.15, 0.2) is 18.3 Å². The minimum atomic E-state index is 0.158. The fourth-order valence-electron chi connectivity index (χ4n) is 1.81. The molecule has 1 saturated heterocycles. The van der Waals surface area contributed by atoms with Gasteiger partial charge in [-0.15, -0.1) is 0 Å². The Morgan fingerprint density at radius 2 is 2.20 bits per heavy atom. The van der Waals surface area contributed by atoms with Crippen LogP contribution in [0.4, 0.5) is 11.5 Å². The van der Waals surface area contributed by atoms with E-state index in [-0.39, 0.29) is 5.91 Å². The molecule has 0 bridgehead atoms. The number of nitrogen functional groups attached to an aromatic ring is 1. The highest BCUT2D eigenvalue weighted by molar-refractivity contribution is 5.92. The van der Waals surface area contributed by atoms with E-state index < -0.39 is 0 Å². The van der Waals surface area contributed by atoms with Gasteiger partial charge in [0.15, 0.2) is 0 Å². The van der Waals surface area contributed by atoms with E-state index in [2.05, 4.69) is 4.98 Å². The van der Waals surface area contributed by atoms with Gasteiger partial charge in [-0.1, -0.05) is 6.42 Å². The van der Waals surface area contributed by atoms with Crippen molar-refractivity contribution in [3.63, 3.8) is 0 Å². The molecule has 2 heterocycles. The van der Waals surface area contributed by atoms with Gasteiger partial charge in [0, 0.05) is 30.9 Å².